The van der Waals surface area contributed by atoms with Gasteiger partial charge in [0.2, 0.25) is 0 Å². The first-order valence-electron chi connectivity index (χ1n) is 4.05. The van der Waals surface area contributed by atoms with Gasteiger partial charge < -0.3 is 5.11 Å². The van der Waals surface area contributed by atoms with E-state index in [4.69, 9.17) is 0 Å². The Morgan fingerprint density at radius 1 is 1.20 bits per heavy atom. The lowest BCUT2D eigenvalue weighted by atomic mass is 9.89. The van der Waals surface area contributed by atoms with Crippen LogP contribution in [0.25, 0.3) is 0 Å². The third-order valence-electron chi connectivity index (χ3n) is 3.16. The molecule has 10 heavy (non-hydrogen) atoms. The summed E-state index contributed by atoms with van der Waals surface area (Å²) in [5, 5.41) is 10.6. The highest BCUT2D eigenvalue weighted by molar-refractivity contribution is 9.09. The van der Waals surface area contributed by atoms with Crippen molar-refractivity contribution in [3.63, 3.8) is 0 Å². The predicted molar refractivity (Wildman–Crippen MR) is 44.1 cm³/mol. The van der Waals surface area contributed by atoms with Crippen molar-refractivity contribution in [2.24, 2.45) is 17.8 Å². The summed E-state index contributed by atoms with van der Waals surface area (Å²) >= 11 is 3.52. The van der Waals surface area contributed by atoms with Crippen molar-refractivity contribution < 1.29 is 5.11 Å². The number of rotatable bonds is 1. The van der Waals surface area contributed by atoms with E-state index in [2.05, 4.69) is 15.9 Å². The van der Waals surface area contributed by atoms with E-state index in [-0.39, 0.29) is 6.10 Å². The lowest BCUT2D eigenvalue weighted by Crippen LogP contribution is -2.22. The highest BCUT2D eigenvalue weighted by Crippen LogP contribution is 2.48. The molecule has 2 aliphatic rings. The molecule has 1 N–H and O–H groups in total. The lowest BCUT2D eigenvalue weighted by molar-refractivity contribution is 0.0995. The molecule has 0 saturated heterocycles. The summed E-state index contributed by atoms with van der Waals surface area (Å²) < 4.78 is 0. The average molecular weight is 205 g/mol. The first kappa shape index (κ1) is 7.11. The summed E-state index contributed by atoms with van der Waals surface area (Å²) in [4.78, 5) is 0. The van der Waals surface area contributed by atoms with Gasteiger partial charge >= 0.3 is 0 Å². The fourth-order valence-corrected chi connectivity index (χ4v) is 3.35. The van der Waals surface area contributed by atoms with Gasteiger partial charge in [0.05, 0.1) is 6.10 Å². The Bertz CT molecular complexity index is 135. The SMILES string of the molecule is OC1CC2CC1CC2CBr. The van der Waals surface area contributed by atoms with Crippen molar-refractivity contribution in [3.8, 4) is 0 Å². The predicted octanol–water partition coefficient (Wildman–Crippen LogP) is 1.79. The Balaban J connectivity index is 2.02. The van der Waals surface area contributed by atoms with Gasteiger partial charge in [0.15, 0.2) is 0 Å². The number of halogens is 1. The molecule has 0 aromatic heterocycles. The van der Waals surface area contributed by atoms with E-state index in [9.17, 15) is 5.11 Å². The molecule has 0 heterocycles. The van der Waals surface area contributed by atoms with Crippen molar-refractivity contribution in [2.75, 3.05) is 5.33 Å². The quantitative estimate of drug-likeness (QED) is 0.647. The van der Waals surface area contributed by atoms with Gasteiger partial charge in [-0.3, -0.25) is 0 Å². The molecular weight excluding hydrogens is 192 g/mol. The van der Waals surface area contributed by atoms with Gasteiger partial charge in [0.1, 0.15) is 0 Å². The van der Waals surface area contributed by atoms with Crippen LogP contribution in [-0.4, -0.2) is 16.5 Å². The lowest BCUT2D eigenvalue weighted by Gasteiger charge is -2.22. The minimum absolute atomic E-state index is 0.0419. The molecule has 2 heteroatoms. The zero-order valence-corrected chi connectivity index (χ0v) is 7.55. The van der Waals surface area contributed by atoms with E-state index in [0.717, 1.165) is 23.6 Å². The molecule has 0 amide bonds. The largest absolute Gasteiger partial charge is 0.393 e. The minimum atomic E-state index is 0.0419. The third-order valence-corrected chi connectivity index (χ3v) is 4.00. The zero-order valence-electron chi connectivity index (χ0n) is 5.96. The van der Waals surface area contributed by atoms with Crippen LogP contribution in [0.2, 0.25) is 0 Å². The van der Waals surface area contributed by atoms with Gasteiger partial charge in [-0.1, -0.05) is 15.9 Å². The topological polar surface area (TPSA) is 20.2 Å². The molecule has 0 radical (unpaired) electrons. The fourth-order valence-electron chi connectivity index (χ4n) is 2.55. The molecule has 0 spiro atoms. The van der Waals surface area contributed by atoms with E-state index in [1.807, 2.05) is 0 Å². The maximum Gasteiger partial charge on any atom is 0.0571 e. The third kappa shape index (κ3) is 0.928. The monoisotopic (exact) mass is 204 g/mol. The van der Waals surface area contributed by atoms with Crippen LogP contribution >= 0.6 is 15.9 Å². The smallest absolute Gasteiger partial charge is 0.0571 e. The number of aliphatic hydroxyl groups is 1. The minimum Gasteiger partial charge on any atom is -0.393 e. The van der Waals surface area contributed by atoms with Crippen molar-refractivity contribution in [1.82, 2.24) is 0 Å². The summed E-state index contributed by atoms with van der Waals surface area (Å²) in [5.74, 6) is 2.35. The molecule has 2 fully saturated rings. The summed E-state index contributed by atoms with van der Waals surface area (Å²) in [6.45, 7) is 0. The molecular formula is C8H13BrO. The highest BCUT2D eigenvalue weighted by atomic mass is 79.9. The molecule has 4 unspecified atom stereocenters. The standard InChI is InChI=1S/C8H13BrO/c9-4-7-2-6-1-5(7)3-8(6)10/h5-8,10H,1-4H2. The van der Waals surface area contributed by atoms with Gasteiger partial charge in [0.25, 0.3) is 0 Å². The van der Waals surface area contributed by atoms with Gasteiger partial charge in [-0.2, -0.15) is 0 Å². The molecule has 58 valence electrons. The van der Waals surface area contributed by atoms with Crippen molar-refractivity contribution in [1.29, 1.82) is 0 Å². The molecule has 1 nitrogen and oxygen atoms in total. The average Bonchev–Trinajstić information content (AvgIpc) is 2.44. The van der Waals surface area contributed by atoms with Crippen molar-refractivity contribution in [3.05, 3.63) is 0 Å². The second-order valence-corrected chi connectivity index (χ2v) is 4.36. The highest BCUT2D eigenvalue weighted by Gasteiger charge is 2.44. The first-order chi connectivity index (χ1) is 4.81. The zero-order chi connectivity index (χ0) is 7.14. The van der Waals surface area contributed by atoms with Crippen LogP contribution < -0.4 is 0 Å². The van der Waals surface area contributed by atoms with Crippen LogP contribution in [-0.2, 0) is 0 Å². The van der Waals surface area contributed by atoms with Gasteiger partial charge in [0, 0.05) is 5.33 Å². The summed E-state index contributed by atoms with van der Waals surface area (Å²) in [6.07, 6.45) is 3.66. The maximum atomic E-state index is 9.42. The van der Waals surface area contributed by atoms with Crippen LogP contribution in [0, 0.1) is 17.8 Å². The molecule has 4 atom stereocenters. The first-order valence-corrected chi connectivity index (χ1v) is 5.17. The second kappa shape index (κ2) is 2.49. The Morgan fingerprint density at radius 2 is 2.00 bits per heavy atom. The molecule has 0 aromatic carbocycles. The fraction of sp³-hybridized carbons (Fsp3) is 1.00. The molecule has 2 bridgehead atoms. The van der Waals surface area contributed by atoms with Crippen LogP contribution in [0.5, 0.6) is 0 Å². The van der Waals surface area contributed by atoms with E-state index in [0.29, 0.717) is 5.92 Å². The summed E-state index contributed by atoms with van der Waals surface area (Å²) in [6, 6.07) is 0. The molecule has 2 rings (SSSR count). The normalized spacial score (nSPS) is 52.2. The summed E-state index contributed by atoms with van der Waals surface area (Å²) in [7, 11) is 0. The van der Waals surface area contributed by atoms with Crippen LogP contribution in [0.3, 0.4) is 0 Å². The Labute approximate surface area is 69.9 Å². The number of hydrogen-bond acceptors (Lipinski definition) is 1. The second-order valence-electron chi connectivity index (χ2n) is 3.71. The van der Waals surface area contributed by atoms with Crippen LogP contribution in [0.15, 0.2) is 0 Å². The maximum absolute atomic E-state index is 9.42. The van der Waals surface area contributed by atoms with Crippen LogP contribution in [0.1, 0.15) is 19.3 Å². The molecule has 2 saturated carbocycles. The van der Waals surface area contributed by atoms with Gasteiger partial charge in [-0.15, -0.1) is 0 Å². The number of aliphatic hydroxyl groups excluding tert-OH is 1. The number of alkyl halides is 1. The number of fused-ring (bicyclic) bond motifs is 2. The van der Waals surface area contributed by atoms with E-state index in [1.54, 1.807) is 0 Å². The Kier molecular flexibility index (Phi) is 1.77. The van der Waals surface area contributed by atoms with E-state index in [1.165, 1.54) is 12.8 Å². The molecule has 0 aromatic rings. The van der Waals surface area contributed by atoms with Crippen molar-refractivity contribution >= 4 is 15.9 Å². The van der Waals surface area contributed by atoms with E-state index < -0.39 is 0 Å². The summed E-state index contributed by atoms with van der Waals surface area (Å²) in [5.41, 5.74) is 0. The van der Waals surface area contributed by atoms with Crippen LogP contribution in [0.4, 0.5) is 0 Å². The van der Waals surface area contributed by atoms with Gasteiger partial charge in [-0.25, -0.2) is 0 Å². The molecule has 0 aliphatic heterocycles. The number of hydrogen-bond donors (Lipinski definition) is 1. The van der Waals surface area contributed by atoms with Gasteiger partial charge in [-0.05, 0) is 37.0 Å². The van der Waals surface area contributed by atoms with Crippen molar-refractivity contribution in [2.45, 2.75) is 25.4 Å². The molecule has 2 aliphatic carbocycles. The Hall–Kier alpha value is 0.440. The Morgan fingerprint density at radius 3 is 2.40 bits per heavy atom. The van der Waals surface area contributed by atoms with E-state index >= 15 is 0 Å².